The van der Waals surface area contributed by atoms with Crippen LogP contribution in [-0.4, -0.2) is 40.3 Å². The Labute approximate surface area is 138 Å². The highest BCUT2D eigenvalue weighted by Crippen LogP contribution is 2.41. The number of hydrogen-bond donors (Lipinski definition) is 2. The number of allylic oxidation sites excluding steroid dienone is 1. The summed E-state index contributed by atoms with van der Waals surface area (Å²) >= 11 is 0. The maximum absolute atomic E-state index is 10.4. The molecule has 0 aliphatic carbocycles. The van der Waals surface area contributed by atoms with Gasteiger partial charge < -0.3 is 19.7 Å². The van der Waals surface area contributed by atoms with Crippen LogP contribution in [0.15, 0.2) is 12.2 Å². The molecule has 0 amide bonds. The lowest BCUT2D eigenvalue weighted by Gasteiger charge is -2.32. The average Bonchev–Trinajstić information content (AvgIpc) is 2.78. The molecule has 2 heterocycles. The van der Waals surface area contributed by atoms with E-state index in [0.717, 1.165) is 57.8 Å². The molecular formula is C18H30O5. The third-order valence-corrected chi connectivity index (χ3v) is 4.81. The molecule has 0 aromatic heterocycles. The van der Waals surface area contributed by atoms with E-state index in [0.29, 0.717) is 0 Å². The van der Waals surface area contributed by atoms with E-state index in [1.54, 1.807) is 0 Å². The van der Waals surface area contributed by atoms with Crippen LogP contribution in [0.2, 0.25) is 0 Å². The molecule has 0 aromatic rings. The zero-order valence-corrected chi connectivity index (χ0v) is 14.1. The van der Waals surface area contributed by atoms with Crippen molar-refractivity contribution in [2.45, 2.75) is 95.2 Å². The third-order valence-electron chi connectivity index (χ3n) is 4.81. The average molecular weight is 326 g/mol. The molecule has 4 atom stereocenters. The number of rotatable bonds is 10. The van der Waals surface area contributed by atoms with Crippen LogP contribution in [0, 0.1) is 0 Å². The quantitative estimate of drug-likeness (QED) is 0.475. The normalized spacial score (nSPS) is 33.4. The summed E-state index contributed by atoms with van der Waals surface area (Å²) in [6.45, 7) is 1.83. The van der Waals surface area contributed by atoms with Crippen LogP contribution in [0.5, 0.6) is 0 Å². The van der Waals surface area contributed by atoms with Gasteiger partial charge in [-0.15, -0.1) is 0 Å². The molecule has 0 radical (unpaired) electrons. The fraction of sp³-hybridized carbons (Fsp3) is 0.833. The molecule has 5 heteroatoms. The Balaban J connectivity index is 1.52. The van der Waals surface area contributed by atoms with Gasteiger partial charge in [0.15, 0.2) is 5.79 Å². The summed E-state index contributed by atoms with van der Waals surface area (Å²) in [5.41, 5.74) is 0. The van der Waals surface area contributed by atoms with E-state index in [-0.39, 0.29) is 18.6 Å². The van der Waals surface area contributed by atoms with E-state index in [9.17, 15) is 9.90 Å². The van der Waals surface area contributed by atoms with E-state index in [1.807, 2.05) is 6.92 Å². The largest absolute Gasteiger partial charge is 0.481 e. The maximum Gasteiger partial charge on any atom is 0.303 e. The van der Waals surface area contributed by atoms with Crippen molar-refractivity contribution in [2.24, 2.45) is 0 Å². The molecule has 132 valence electrons. The number of carboxylic acids is 1. The first kappa shape index (κ1) is 18.4. The van der Waals surface area contributed by atoms with E-state index in [2.05, 4.69) is 12.2 Å². The summed E-state index contributed by atoms with van der Waals surface area (Å²) in [5, 5.41) is 18.5. The molecule has 0 saturated carbocycles. The van der Waals surface area contributed by atoms with Gasteiger partial charge in [-0.3, -0.25) is 4.79 Å². The van der Waals surface area contributed by atoms with Crippen molar-refractivity contribution in [3.8, 4) is 0 Å². The van der Waals surface area contributed by atoms with Crippen LogP contribution in [0.4, 0.5) is 0 Å². The van der Waals surface area contributed by atoms with Gasteiger partial charge in [-0.05, 0) is 45.4 Å². The fourth-order valence-corrected chi connectivity index (χ4v) is 3.38. The van der Waals surface area contributed by atoms with Gasteiger partial charge in [0, 0.05) is 6.42 Å². The van der Waals surface area contributed by atoms with Crippen molar-refractivity contribution >= 4 is 5.97 Å². The smallest absolute Gasteiger partial charge is 0.303 e. The second-order valence-corrected chi connectivity index (χ2v) is 6.83. The molecule has 23 heavy (non-hydrogen) atoms. The molecule has 5 nitrogen and oxygen atoms in total. The number of hydrogen-bond acceptors (Lipinski definition) is 4. The Morgan fingerprint density at radius 1 is 1.13 bits per heavy atom. The highest BCUT2D eigenvalue weighted by atomic mass is 16.8. The van der Waals surface area contributed by atoms with Gasteiger partial charge in [-0.25, -0.2) is 0 Å². The summed E-state index contributed by atoms with van der Waals surface area (Å²) in [6.07, 6.45) is 13.0. The van der Waals surface area contributed by atoms with E-state index < -0.39 is 17.9 Å². The van der Waals surface area contributed by atoms with Crippen molar-refractivity contribution in [1.82, 2.24) is 0 Å². The topological polar surface area (TPSA) is 76.0 Å². The molecule has 2 aliphatic heterocycles. The lowest BCUT2D eigenvalue weighted by atomic mass is 9.99. The number of carboxylic acid groups (broad SMARTS) is 1. The second-order valence-electron chi connectivity index (χ2n) is 6.83. The van der Waals surface area contributed by atoms with Crippen LogP contribution >= 0.6 is 0 Å². The first-order valence-corrected chi connectivity index (χ1v) is 8.92. The molecule has 2 aliphatic rings. The van der Waals surface area contributed by atoms with E-state index >= 15 is 0 Å². The van der Waals surface area contributed by atoms with Crippen LogP contribution in [-0.2, 0) is 14.3 Å². The zero-order chi connectivity index (χ0) is 16.7. The van der Waals surface area contributed by atoms with Gasteiger partial charge in [-0.1, -0.05) is 31.4 Å². The van der Waals surface area contributed by atoms with Crippen molar-refractivity contribution in [2.75, 3.05) is 0 Å². The van der Waals surface area contributed by atoms with Gasteiger partial charge in [0.05, 0.1) is 12.2 Å². The molecule has 0 aromatic carbocycles. The molecule has 2 saturated heterocycles. The molecule has 2 bridgehead atoms. The number of unbranched alkanes of at least 4 members (excludes halogenated alkanes) is 5. The number of aliphatic hydroxyl groups is 1. The molecule has 0 spiro atoms. The van der Waals surface area contributed by atoms with Gasteiger partial charge in [0.25, 0.3) is 0 Å². The van der Waals surface area contributed by atoms with E-state index in [4.69, 9.17) is 14.6 Å². The Morgan fingerprint density at radius 3 is 2.61 bits per heavy atom. The highest BCUT2D eigenvalue weighted by Gasteiger charge is 2.51. The standard InChI is InChI=1S/C18H30O5/c1-18-16(19)13-12-15(23-18)14(22-18)10-8-6-4-2-3-5-7-9-11-17(20)21/h6,8,14-16,19H,2-5,7,9-13H2,1H3,(H,20,21)/b8-6-. The summed E-state index contributed by atoms with van der Waals surface area (Å²) < 4.78 is 11.7. The van der Waals surface area contributed by atoms with E-state index in [1.165, 1.54) is 0 Å². The summed E-state index contributed by atoms with van der Waals surface area (Å²) in [4.78, 5) is 10.4. The number of fused-ring (bicyclic) bond motifs is 2. The predicted octanol–water partition coefficient (Wildman–Crippen LogP) is 3.40. The summed E-state index contributed by atoms with van der Waals surface area (Å²) in [6, 6.07) is 0. The third kappa shape index (κ3) is 5.59. The van der Waals surface area contributed by atoms with Gasteiger partial charge in [0.1, 0.15) is 6.10 Å². The summed E-state index contributed by atoms with van der Waals surface area (Å²) in [5.74, 6) is -1.51. The zero-order valence-electron chi connectivity index (χ0n) is 14.1. The fourth-order valence-electron chi connectivity index (χ4n) is 3.38. The minimum absolute atomic E-state index is 0.0596. The monoisotopic (exact) mass is 326 g/mol. The molecule has 2 rings (SSSR count). The van der Waals surface area contributed by atoms with Crippen molar-refractivity contribution in [3.63, 3.8) is 0 Å². The Bertz CT molecular complexity index is 408. The van der Waals surface area contributed by atoms with Crippen molar-refractivity contribution in [3.05, 3.63) is 12.2 Å². The van der Waals surface area contributed by atoms with Crippen molar-refractivity contribution in [1.29, 1.82) is 0 Å². The molecular weight excluding hydrogens is 296 g/mol. The van der Waals surface area contributed by atoms with Crippen LogP contribution in [0.1, 0.15) is 71.1 Å². The number of carbonyl (C=O) groups is 1. The van der Waals surface area contributed by atoms with Crippen LogP contribution < -0.4 is 0 Å². The lowest BCUT2D eigenvalue weighted by molar-refractivity contribution is -0.237. The van der Waals surface area contributed by atoms with Crippen LogP contribution in [0.25, 0.3) is 0 Å². The maximum atomic E-state index is 10.4. The highest BCUT2D eigenvalue weighted by molar-refractivity contribution is 5.66. The van der Waals surface area contributed by atoms with Gasteiger partial charge >= 0.3 is 5.97 Å². The molecule has 4 unspecified atom stereocenters. The van der Waals surface area contributed by atoms with Gasteiger partial charge in [-0.2, -0.15) is 0 Å². The second kappa shape index (κ2) is 8.81. The predicted molar refractivity (Wildman–Crippen MR) is 87.1 cm³/mol. The number of ether oxygens (including phenoxy) is 2. The SMILES string of the molecule is CC12OC(C/C=C\CCCCCCCC(=O)O)C(CCC1O)O2. The number of aliphatic carboxylic acids is 1. The molecule has 2 fully saturated rings. The minimum Gasteiger partial charge on any atom is -0.481 e. The Hall–Kier alpha value is -0.910. The first-order valence-electron chi connectivity index (χ1n) is 8.92. The Morgan fingerprint density at radius 2 is 1.87 bits per heavy atom. The van der Waals surface area contributed by atoms with Crippen LogP contribution in [0.3, 0.4) is 0 Å². The summed E-state index contributed by atoms with van der Waals surface area (Å²) in [7, 11) is 0. The van der Waals surface area contributed by atoms with Gasteiger partial charge in [0.2, 0.25) is 0 Å². The first-order chi connectivity index (χ1) is 11.0. The minimum atomic E-state index is -0.808. The molecule has 2 N–H and O–H groups in total. The lowest BCUT2D eigenvalue weighted by Crippen LogP contribution is -2.43. The van der Waals surface area contributed by atoms with Crippen molar-refractivity contribution < 1.29 is 24.5 Å². The number of aliphatic hydroxyl groups excluding tert-OH is 1. The Kier molecular flexibility index (Phi) is 7.06.